The first kappa shape index (κ1) is 33.9. The molecule has 0 aromatic rings. The molecule has 8 unspecified atom stereocenters. The summed E-state index contributed by atoms with van der Waals surface area (Å²) in [4.78, 5) is 0. The van der Waals surface area contributed by atoms with E-state index >= 15 is 0 Å². The van der Waals surface area contributed by atoms with Gasteiger partial charge >= 0.3 is 0 Å². The van der Waals surface area contributed by atoms with E-state index in [9.17, 15) is 10.2 Å². The fourth-order valence-corrected chi connectivity index (χ4v) is 9.37. The lowest BCUT2D eigenvalue weighted by molar-refractivity contribution is -0.0766. The third-order valence-electron chi connectivity index (χ3n) is 11.6. The van der Waals surface area contributed by atoms with Crippen molar-refractivity contribution in [2.24, 2.45) is 46.3 Å². The Labute approximate surface area is 238 Å². The van der Waals surface area contributed by atoms with Gasteiger partial charge in [0.25, 0.3) is 0 Å². The molecule has 0 radical (unpaired) electrons. The van der Waals surface area contributed by atoms with Crippen molar-refractivity contribution < 1.29 is 10.2 Å². The first-order valence-corrected chi connectivity index (χ1v) is 17.2. The van der Waals surface area contributed by atoms with Crippen LogP contribution in [-0.2, 0) is 0 Å². The topological polar surface area (TPSA) is 40.5 Å². The standard InChI is InChI=1S/C26H44O2.C6H12.2C2H6/c1-17(2)7-5-6-8-18-9-11-20-19-10-12-22-24(28)23(27)14-16-26(22,4)21(19)13-15-25(18,20)3;1-6-4-2-3-5-6;2*1-2/h12,17-21,23-24,27-28H,5-11,13-16H2,1-4H3;6H,2-5H2,1H3;2*1-2H3. The summed E-state index contributed by atoms with van der Waals surface area (Å²) in [6, 6.07) is 0. The number of aliphatic hydroxyl groups excluding tert-OH is 2. The third-order valence-corrected chi connectivity index (χ3v) is 11.6. The second-order valence-electron chi connectivity index (χ2n) is 14.1. The van der Waals surface area contributed by atoms with Crippen molar-refractivity contribution in [3.8, 4) is 0 Å². The molecule has 5 aliphatic rings. The predicted molar refractivity (Wildman–Crippen MR) is 166 cm³/mol. The molecule has 38 heavy (non-hydrogen) atoms. The summed E-state index contributed by atoms with van der Waals surface area (Å²) < 4.78 is 0. The SMILES string of the molecule is CC.CC.CC(C)CCCCC1CCC2C3CC=C4C(O)C(O)CCC4(C)C3CCC12C.CC1CCCC1. The number of aliphatic hydroxyl groups is 2. The lowest BCUT2D eigenvalue weighted by Crippen LogP contribution is -2.53. The maximum atomic E-state index is 10.6. The van der Waals surface area contributed by atoms with Crippen LogP contribution in [0.4, 0.5) is 0 Å². The lowest BCUT2D eigenvalue weighted by Gasteiger charge is -2.58. The van der Waals surface area contributed by atoms with Crippen molar-refractivity contribution in [1.82, 2.24) is 0 Å². The maximum Gasteiger partial charge on any atom is 0.101 e. The zero-order valence-corrected chi connectivity index (χ0v) is 27.2. The second-order valence-corrected chi connectivity index (χ2v) is 14.1. The molecule has 0 saturated heterocycles. The minimum absolute atomic E-state index is 0.123. The second kappa shape index (κ2) is 15.6. The molecule has 5 rings (SSSR count). The van der Waals surface area contributed by atoms with Crippen LogP contribution in [0, 0.1) is 46.3 Å². The third kappa shape index (κ3) is 7.48. The van der Waals surface area contributed by atoms with E-state index in [1.165, 1.54) is 82.6 Å². The monoisotopic (exact) mass is 533 g/mol. The summed E-state index contributed by atoms with van der Waals surface area (Å²) in [6.07, 6.45) is 21.3. The van der Waals surface area contributed by atoms with Crippen molar-refractivity contribution in [3.63, 3.8) is 0 Å². The highest BCUT2D eigenvalue weighted by Gasteiger charge is 2.59. The number of allylic oxidation sites excluding steroid dienone is 1. The number of fused-ring (bicyclic) bond motifs is 5. The summed E-state index contributed by atoms with van der Waals surface area (Å²) in [5.74, 6) is 5.21. The van der Waals surface area contributed by atoms with Gasteiger partial charge in [-0.25, -0.2) is 0 Å². The van der Waals surface area contributed by atoms with Crippen LogP contribution in [0.2, 0.25) is 0 Å². The lowest BCUT2D eigenvalue weighted by atomic mass is 9.47. The molecule has 0 bridgehead atoms. The van der Waals surface area contributed by atoms with Crippen LogP contribution in [0.25, 0.3) is 0 Å². The van der Waals surface area contributed by atoms with Crippen LogP contribution < -0.4 is 0 Å². The molecular formula is C36H68O2. The molecule has 2 nitrogen and oxygen atoms in total. The van der Waals surface area contributed by atoms with Crippen molar-refractivity contribution in [2.45, 2.75) is 171 Å². The van der Waals surface area contributed by atoms with Crippen molar-refractivity contribution >= 4 is 0 Å². The van der Waals surface area contributed by atoms with Gasteiger partial charge in [0.15, 0.2) is 0 Å². The molecule has 2 N–H and O–H groups in total. The first-order valence-electron chi connectivity index (χ1n) is 17.2. The molecule has 5 aliphatic carbocycles. The van der Waals surface area contributed by atoms with Gasteiger partial charge in [0, 0.05) is 0 Å². The molecule has 224 valence electrons. The van der Waals surface area contributed by atoms with Gasteiger partial charge in [-0.15, -0.1) is 0 Å². The Morgan fingerprint density at radius 1 is 0.842 bits per heavy atom. The molecule has 8 atom stereocenters. The van der Waals surface area contributed by atoms with Crippen molar-refractivity contribution in [2.75, 3.05) is 0 Å². The molecule has 0 aromatic carbocycles. The van der Waals surface area contributed by atoms with E-state index in [1.54, 1.807) is 0 Å². The van der Waals surface area contributed by atoms with Crippen LogP contribution in [0.3, 0.4) is 0 Å². The fourth-order valence-electron chi connectivity index (χ4n) is 9.37. The summed E-state index contributed by atoms with van der Waals surface area (Å²) in [5.41, 5.74) is 1.85. The fraction of sp³-hybridized carbons (Fsp3) is 0.944. The minimum atomic E-state index is -0.620. The van der Waals surface area contributed by atoms with E-state index in [2.05, 4.69) is 40.7 Å². The molecule has 0 heterocycles. The molecule has 4 fully saturated rings. The number of rotatable bonds is 5. The minimum Gasteiger partial charge on any atom is -0.390 e. The Bertz CT molecular complexity index is 691. The van der Waals surface area contributed by atoms with Crippen molar-refractivity contribution in [1.29, 1.82) is 0 Å². The van der Waals surface area contributed by atoms with Gasteiger partial charge < -0.3 is 10.2 Å². The van der Waals surface area contributed by atoms with E-state index in [-0.39, 0.29) is 5.41 Å². The summed E-state index contributed by atoms with van der Waals surface area (Å²) in [6.45, 7) is 20.1. The van der Waals surface area contributed by atoms with E-state index in [0.29, 0.717) is 11.3 Å². The molecule has 2 heteroatoms. The van der Waals surface area contributed by atoms with Crippen LogP contribution in [-0.4, -0.2) is 22.4 Å². The number of hydrogen-bond donors (Lipinski definition) is 2. The van der Waals surface area contributed by atoms with Gasteiger partial charge in [-0.3, -0.25) is 0 Å². The molecular weight excluding hydrogens is 464 g/mol. The van der Waals surface area contributed by atoms with E-state index in [0.717, 1.165) is 48.9 Å². The summed E-state index contributed by atoms with van der Waals surface area (Å²) in [5, 5.41) is 20.8. The molecule has 0 aromatic heterocycles. The van der Waals surface area contributed by atoms with E-state index < -0.39 is 12.2 Å². The smallest absolute Gasteiger partial charge is 0.101 e. The Balaban J connectivity index is 0.000000435. The number of unbranched alkanes of at least 4 members (excludes halogenated alkanes) is 1. The van der Waals surface area contributed by atoms with Crippen molar-refractivity contribution in [3.05, 3.63) is 11.6 Å². The number of hydrogen-bond acceptors (Lipinski definition) is 2. The Morgan fingerprint density at radius 2 is 1.50 bits per heavy atom. The van der Waals surface area contributed by atoms with Crippen LogP contribution in [0.15, 0.2) is 11.6 Å². The Morgan fingerprint density at radius 3 is 2.08 bits per heavy atom. The predicted octanol–water partition coefficient (Wildman–Crippen LogP) is 10.4. The normalized spacial score (nSPS) is 39.7. The zero-order valence-electron chi connectivity index (χ0n) is 27.2. The van der Waals surface area contributed by atoms with E-state index in [4.69, 9.17) is 0 Å². The van der Waals surface area contributed by atoms with Gasteiger partial charge in [0.05, 0.1) is 6.10 Å². The molecule has 4 saturated carbocycles. The average molecular weight is 533 g/mol. The van der Waals surface area contributed by atoms with Crippen LogP contribution >= 0.6 is 0 Å². The molecule has 0 aliphatic heterocycles. The summed E-state index contributed by atoms with van der Waals surface area (Å²) in [7, 11) is 0. The van der Waals surface area contributed by atoms with Gasteiger partial charge in [-0.1, -0.05) is 113 Å². The van der Waals surface area contributed by atoms with Gasteiger partial charge in [0.2, 0.25) is 0 Å². The highest BCUT2D eigenvalue weighted by Crippen LogP contribution is 2.66. The molecule has 0 spiro atoms. The Hall–Kier alpha value is -0.340. The molecule has 0 amide bonds. The van der Waals surface area contributed by atoms with Gasteiger partial charge in [-0.05, 0) is 103 Å². The van der Waals surface area contributed by atoms with Gasteiger partial charge in [0.1, 0.15) is 6.10 Å². The highest BCUT2D eigenvalue weighted by molar-refractivity contribution is 5.29. The quantitative estimate of drug-likeness (QED) is 0.273. The highest BCUT2D eigenvalue weighted by atomic mass is 16.3. The Kier molecular flexibility index (Phi) is 13.9. The first-order chi connectivity index (χ1) is 18.2. The van der Waals surface area contributed by atoms with Crippen LogP contribution in [0.5, 0.6) is 0 Å². The summed E-state index contributed by atoms with van der Waals surface area (Å²) >= 11 is 0. The van der Waals surface area contributed by atoms with Crippen LogP contribution in [0.1, 0.15) is 159 Å². The largest absolute Gasteiger partial charge is 0.390 e. The maximum absolute atomic E-state index is 10.6. The zero-order chi connectivity index (χ0) is 28.5. The van der Waals surface area contributed by atoms with E-state index in [1.807, 2.05) is 27.7 Å². The van der Waals surface area contributed by atoms with Gasteiger partial charge in [-0.2, -0.15) is 0 Å². The average Bonchev–Trinajstić information content (AvgIpc) is 3.53.